The standard InChI is InChI=1S/C27H21ClN2O4S/c28-17-7-8-19-18(11-17)27(26(32)29-19)24(25(31)16-6-9-21-22(10-16)34-14-33-21)23(15-4-2-1-3-5-15)20-12-35-13-30(20)27/h1-11,20,23-24H,12-14H2,(H,29,32)/t20-,23+,24-,27+/m0/s1. The molecule has 0 bridgehead atoms. The largest absolute Gasteiger partial charge is 0.454 e. The van der Waals surface area contributed by atoms with E-state index in [1.807, 2.05) is 30.3 Å². The molecule has 0 radical (unpaired) electrons. The van der Waals surface area contributed by atoms with Gasteiger partial charge in [-0.25, -0.2) is 0 Å². The molecule has 4 aliphatic heterocycles. The van der Waals surface area contributed by atoms with E-state index in [1.54, 1.807) is 36.0 Å². The third-order valence-corrected chi connectivity index (χ3v) is 8.98. The van der Waals surface area contributed by atoms with Crippen molar-refractivity contribution in [1.29, 1.82) is 0 Å². The molecule has 176 valence electrons. The van der Waals surface area contributed by atoms with Gasteiger partial charge < -0.3 is 14.8 Å². The molecule has 6 nitrogen and oxygen atoms in total. The van der Waals surface area contributed by atoms with Crippen LogP contribution in [-0.2, 0) is 10.3 Å². The van der Waals surface area contributed by atoms with E-state index in [0.717, 1.165) is 16.9 Å². The van der Waals surface area contributed by atoms with Gasteiger partial charge in [-0.1, -0.05) is 41.9 Å². The Bertz CT molecular complexity index is 1380. The van der Waals surface area contributed by atoms with Gasteiger partial charge in [-0.05, 0) is 42.0 Å². The Balaban J connectivity index is 1.47. The topological polar surface area (TPSA) is 67.9 Å². The van der Waals surface area contributed by atoms with Crippen LogP contribution in [0.2, 0.25) is 5.02 Å². The lowest BCUT2D eigenvalue weighted by molar-refractivity contribution is -0.127. The summed E-state index contributed by atoms with van der Waals surface area (Å²) in [6.45, 7) is 0.133. The zero-order chi connectivity index (χ0) is 23.7. The number of Topliss-reactive ketones (excluding diaryl/α,β-unsaturated/α-hetero) is 1. The highest BCUT2D eigenvalue weighted by molar-refractivity contribution is 7.99. The molecule has 0 unspecified atom stereocenters. The van der Waals surface area contributed by atoms with E-state index in [1.165, 1.54) is 0 Å². The van der Waals surface area contributed by atoms with Gasteiger partial charge >= 0.3 is 0 Å². The summed E-state index contributed by atoms with van der Waals surface area (Å²) in [5.41, 5.74) is 1.91. The second-order valence-corrected chi connectivity index (χ2v) is 10.7. The maximum Gasteiger partial charge on any atom is 0.250 e. The number of halogens is 1. The Kier molecular flexibility index (Phi) is 4.72. The van der Waals surface area contributed by atoms with Crippen LogP contribution in [0.25, 0.3) is 0 Å². The monoisotopic (exact) mass is 504 g/mol. The number of nitrogens with zero attached hydrogens (tertiary/aromatic N) is 1. The number of thioether (sulfide) groups is 1. The molecule has 35 heavy (non-hydrogen) atoms. The minimum atomic E-state index is -1.15. The Morgan fingerprint density at radius 1 is 1.06 bits per heavy atom. The number of nitrogens with one attached hydrogen (secondary N) is 1. The zero-order valence-corrected chi connectivity index (χ0v) is 20.1. The summed E-state index contributed by atoms with van der Waals surface area (Å²) in [4.78, 5) is 30.8. The average molecular weight is 505 g/mol. The summed E-state index contributed by atoms with van der Waals surface area (Å²) in [5.74, 6) is 1.62. The van der Waals surface area contributed by atoms with E-state index >= 15 is 0 Å². The van der Waals surface area contributed by atoms with Crippen LogP contribution in [0.4, 0.5) is 5.69 Å². The summed E-state index contributed by atoms with van der Waals surface area (Å²) in [6.07, 6.45) is 0. The van der Waals surface area contributed by atoms with Crippen LogP contribution in [0, 0.1) is 5.92 Å². The normalized spacial score (nSPS) is 28.3. The SMILES string of the molecule is O=C(c1ccc2c(c1)OCO2)[C@@H]1[C@H](c2ccccc2)[C@@H]2CSCN2[C@@]12C(=O)Nc1ccc(Cl)cc12. The van der Waals surface area contributed by atoms with Crippen molar-refractivity contribution >= 4 is 40.7 Å². The van der Waals surface area contributed by atoms with Gasteiger partial charge in [-0.2, -0.15) is 0 Å². The molecule has 2 fully saturated rings. The number of carbonyl (C=O) groups is 2. The molecule has 3 aromatic rings. The minimum absolute atomic E-state index is 0.0287. The van der Waals surface area contributed by atoms with Gasteiger partial charge in [0.1, 0.15) is 5.54 Å². The molecule has 4 atom stereocenters. The van der Waals surface area contributed by atoms with Crippen molar-refractivity contribution < 1.29 is 19.1 Å². The molecular formula is C27H21ClN2O4S. The van der Waals surface area contributed by atoms with Crippen molar-refractivity contribution in [3.8, 4) is 11.5 Å². The van der Waals surface area contributed by atoms with E-state index < -0.39 is 11.5 Å². The van der Waals surface area contributed by atoms with Gasteiger partial charge in [0, 0.05) is 45.4 Å². The number of hydrogen-bond acceptors (Lipinski definition) is 6. The number of carbonyl (C=O) groups excluding carboxylic acids is 2. The summed E-state index contributed by atoms with van der Waals surface area (Å²) in [6, 6.07) is 20.9. The molecule has 2 saturated heterocycles. The molecule has 0 saturated carbocycles. The second kappa shape index (κ2) is 7.75. The molecule has 1 amide bonds. The average Bonchev–Trinajstić information content (AvgIpc) is 3.63. The number of ketones is 1. The van der Waals surface area contributed by atoms with Crippen LogP contribution >= 0.6 is 23.4 Å². The van der Waals surface area contributed by atoms with E-state index in [2.05, 4.69) is 22.3 Å². The van der Waals surface area contributed by atoms with Gasteiger partial charge in [0.15, 0.2) is 17.3 Å². The molecule has 4 heterocycles. The highest BCUT2D eigenvalue weighted by Gasteiger charge is 2.69. The number of benzene rings is 3. The summed E-state index contributed by atoms with van der Waals surface area (Å²) in [5, 5.41) is 3.62. The minimum Gasteiger partial charge on any atom is -0.454 e. The lowest BCUT2D eigenvalue weighted by Crippen LogP contribution is -2.52. The van der Waals surface area contributed by atoms with Crippen LogP contribution in [0.1, 0.15) is 27.4 Å². The van der Waals surface area contributed by atoms with Gasteiger partial charge in [0.05, 0.1) is 5.92 Å². The first kappa shape index (κ1) is 21.3. The summed E-state index contributed by atoms with van der Waals surface area (Å²) < 4.78 is 11.0. The molecule has 1 N–H and O–H groups in total. The smallest absolute Gasteiger partial charge is 0.250 e. The first-order valence-electron chi connectivity index (χ1n) is 11.5. The number of hydrogen-bond donors (Lipinski definition) is 1. The van der Waals surface area contributed by atoms with Crippen LogP contribution in [0.5, 0.6) is 11.5 Å². The van der Waals surface area contributed by atoms with E-state index in [9.17, 15) is 9.59 Å². The molecule has 4 aliphatic rings. The fourth-order valence-corrected chi connectivity index (χ4v) is 7.82. The molecule has 0 aliphatic carbocycles. The third-order valence-electron chi connectivity index (χ3n) is 7.71. The maximum atomic E-state index is 14.5. The van der Waals surface area contributed by atoms with Gasteiger partial charge in [0.25, 0.3) is 0 Å². The highest BCUT2D eigenvalue weighted by Crippen LogP contribution is 2.61. The van der Waals surface area contributed by atoms with Gasteiger partial charge in [-0.3, -0.25) is 14.5 Å². The number of amides is 1. The zero-order valence-electron chi connectivity index (χ0n) is 18.6. The highest BCUT2D eigenvalue weighted by atomic mass is 35.5. The first-order valence-corrected chi connectivity index (χ1v) is 13.1. The molecular weight excluding hydrogens is 484 g/mol. The Labute approximate surface area is 211 Å². The van der Waals surface area contributed by atoms with Crippen molar-refractivity contribution in [2.75, 3.05) is 23.7 Å². The van der Waals surface area contributed by atoms with E-state index in [-0.39, 0.29) is 30.4 Å². The van der Waals surface area contributed by atoms with Gasteiger partial charge in [0.2, 0.25) is 12.7 Å². The van der Waals surface area contributed by atoms with Crippen LogP contribution < -0.4 is 14.8 Å². The van der Waals surface area contributed by atoms with Crippen molar-refractivity contribution in [1.82, 2.24) is 4.90 Å². The van der Waals surface area contributed by atoms with Crippen molar-refractivity contribution in [2.45, 2.75) is 17.5 Å². The summed E-state index contributed by atoms with van der Waals surface area (Å²) >= 11 is 8.26. The van der Waals surface area contributed by atoms with Crippen molar-refractivity contribution in [3.63, 3.8) is 0 Å². The molecule has 8 heteroatoms. The Morgan fingerprint density at radius 3 is 2.74 bits per heavy atom. The molecule has 3 aromatic carbocycles. The van der Waals surface area contributed by atoms with Crippen molar-refractivity contribution in [2.24, 2.45) is 5.92 Å². The number of anilines is 1. The number of fused-ring (bicyclic) bond motifs is 5. The summed E-state index contributed by atoms with van der Waals surface area (Å²) in [7, 11) is 0. The molecule has 0 aromatic heterocycles. The Morgan fingerprint density at radius 2 is 1.89 bits per heavy atom. The van der Waals surface area contributed by atoms with E-state index in [4.69, 9.17) is 21.1 Å². The van der Waals surface area contributed by atoms with Crippen LogP contribution in [0.3, 0.4) is 0 Å². The third kappa shape index (κ3) is 2.89. The number of ether oxygens (including phenoxy) is 2. The number of rotatable bonds is 3. The predicted octanol–water partition coefficient (Wildman–Crippen LogP) is 4.89. The second-order valence-electron chi connectivity index (χ2n) is 9.29. The Hall–Kier alpha value is -3.00. The van der Waals surface area contributed by atoms with Crippen LogP contribution in [0.15, 0.2) is 66.7 Å². The predicted molar refractivity (Wildman–Crippen MR) is 134 cm³/mol. The van der Waals surface area contributed by atoms with Gasteiger partial charge in [-0.15, -0.1) is 11.8 Å². The van der Waals surface area contributed by atoms with E-state index in [0.29, 0.717) is 33.6 Å². The fraction of sp³-hybridized carbons (Fsp3) is 0.259. The molecule has 7 rings (SSSR count). The van der Waals surface area contributed by atoms with Crippen molar-refractivity contribution in [3.05, 3.63) is 88.4 Å². The lowest BCUT2D eigenvalue weighted by atomic mass is 9.69. The quantitative estimate of drug-likeness (QED) is 0.512. The lowest BCUT2D eigenvalue weighted by Gasteiger charge is -2.36. The maximum absolute atomic E-state index is 14.5. The fourth-order valence-electron chi connectivity index (χ4n) is 6.33. The molecule has 1 spiro atoms. The van der Waals surface area contributed by atoms with Crippen LogP contribution in [-0.4, -0.2) is 41.1 Å². The first-order chi connectivity index (χ1) is 17.1.